The van der Waals surface area contributed by atoms with E-state index >= 15 is 0 Å². The van der Waals surface area contributed by atoms with Gasteiger partial charge in [-0.05, 0) is 50.4 Å². The SMILES string of the molecule is CC1CC(C(=O)NCCc2cccc(Cl)c2)CCN1. The standard InChI is InChI=1S/C15H21ClN2O/c1-11-9-13(6-8-17-11)15(19)18-7-5-12-3-2-4-14(16)10-12/h2-4,10-11,13,17H,5-9H2,1H3,(H,18,19). The van der Waals surface area contributed by atoms with Crippen molar-refractivity contribution in [1.29, 1.82) is 0 Å². The lowest BCUT2D eigenvalue weighted by molar-refractivity contribution is -0.126. The molecule has 1 amide bonds. The normalized spacial score (nSPS) is 23.1. The van der Waals surface area contributed by atoms with Crippen LogP contribution in [0, 0.1) is 5.92 Å². The largest absolute Gasteiger partial charge is 0.356 e. The van der Waals surface area contributed by atoms with E-state index in [9.17, 15) is 4.79 Å². The summed E-state index contributed by atoms with van der Waals surface area (Å²) in [6.45, 7) is 3.75. The van der Waals surface area contributed by atoms with E-state index in [4.69, 9.17) is 11.6 Å². The Morgan fingerprint density at radius 2 is 2.37 bits per heavy atom. The van der Waals surface area contributed by atoms with Crippen molar-refractivity contribution in [1.82, 2.24) is 10.6 Å². The van der Waals surface area contributed by atoms with Gasteiger partial charge in [-0.3, -0.25) is 4.79 Å². The minimum Gasteiger partial charge on any atom is -0.356 e. The average Bonchev–Trinajstić information content (AvgIpc) is 2.38. The van der Waals surface area contributed by atoms with E-state index < -0.39 is 0 Å². The third-order valence-corrected chi connectivity index (χ3v) is 3.83. The van der Waals surface area contributed by atoms with E-state index in [2.05, 4.69) is 17.6 Å². The number of rotatable bonds is 4. The molecule has 2 rings (SSSR count). The van der Waals surface area contributed by atoms with Crippen molar-refractivity contribution >= 4 is 17.5 Å². The van der Waals surface area contributed by atoms with Crippen LogP contribution in [0.4, 0.5) is 0 Å². The van der Waals surface area contributed by atoms with E-state index in [-0.39, 0.29) is 11.8 Å². The molecule has 0 bridgehead atoms. The molecule has 2 unspecified atom stereocenters. The summed E-state index contributed by atoms with van der Waals surface area (Å²) in [5, 5.41) is 7.14. The van der Waals surface area contributed by atoms with Crippen molar-refractivity contribution < 1.29 is 4.79 Å². The third-order valence-electron chi connectivity index (χ3n) is 3.60. The van der Waals surface area contributed by atoms with Crippen molar-refractivity contribution in [2.45, 2.75) is 32.2 Å². The lowest BCUT2D eigenvalue weighted by Gasteiger charge is -2.27. The molecule has 0 aromatic heterocycles. The zero-order chi connectivity index (χ0) is 13.7. The molecule has 1 aromatic carbocycles. The summed E-state index contributed by atoms with van der Waals surface area (Å²) in [4.78, 5) is 12.0. The van der Waals surface area contributed by atoms with Gasteiger partial charge in [-0.1, -0.05) is 23.7 Å². The van der Waals surface area contributed by atoms with E-state index in [1.54, 1.807) is 0 Å². The molecule has 2 atom stereocenters. The molecule has 104 valence electrons. The predicted octanol–water partition coefficient (Wildman–Crippen LogP) is 2.39. The highest BCUT2D eigenvalue weighted by Crippen LogP contribution is 2.16. The van der Waals surface area contributed by atoms with Crippen LogP contribution in [0.15, 0.2) is 24.3 Å². The topological polar surface area (TPSA) is 41.1 Å². The van der Waals surface area contributed by atoms with Gasteiger partial charge in [0.2, 0.25) is 5.91 Å². The highest BCUT2D eigenvalue weighted by Gasteiger charge is 2.24. The Morgan fingerprint density at radius 3 is 3.11 bits per heavy atom. The predicted molar refractivity (Wildman–Crippen MR) is 78.4 cm³/mol. The Bertz CT molecular complexity index is 436. The van der Waals surface area contributed by atoms with E-state index in [0.29, 0.717) is 12.6 Å². The monoisotopic (exact) mass is 280 g/mol. The number of halogens is 1. The summed E-state index contributed by atoms with van der Waals surface area (Å²) in [5.74, 6) is 0.353. The van der Waals surface area contributed by atoms with Gasteiger partial charge in [0.25, 0.3) is 0 Å². The van der Waals surface area contributed by atoms with Crippen molar-refractivity contribution in [3.8, 4) is 0 Å². The Hall–Kier alpha value is -1.06. The number of nitrogens with one attached hydrogen (secondary N) is 2. The highest BCUT2D eigenvalue weighted by atomic mass is 35.5. The molecule has 0 radical (unpaired) electrons. The summed E-state index contributed by atoms with van der Waals surface area (Å²) in [7, 11) is 0. The van der Waals surface area contributed by atoms with Crippen LogP contribution in [0.2, 0.25) is 5.02 Å². The van der Waals surface area contributed by atoms with Gasteiger partial charge in [-0.2, -0.15) is 0 Å². The summed E-state index contributed by atoms with van der Waals surface area (Å²) in [6, 6.07) is 8.22. The fourth-order valence-electron chi connectivity index (χ4n) is 2.54. The zero-order valence-electron chi connectivity index (χ0n) is 11.3. The molecular formula is C15H21ClN2O. The Labute approximate surface area is 119 Å². The maximum absolute atomic E-state index is 12.0. The average molecular weight is 281 g/mol. The summed E-state index contributed by atoms with van der Waals surface area (Å²) in [6.07, 6.45) is 2.70. The maximum atomic E-state index is 12.0. The second-order valence-corrected chi connectivity index (χ2v) is 5.68. The molecule has 1 fully saturated rings. The van der Waals surface area contributed by atoms with Gasteiger partial charge in [0.15, 0.2) is 0 Å². The van der Waals surface area contributed by atoms with Crippen LogP contribution in [0.3, 0.4) is 0 Å². The number of carbonyl (C=O) groups excluding carboxylic acids is 1. The first-order chi connectivity index (χ1) is 9.15. The van der Waals surface area contributed by atoms with Crippen LogP contribution in [-0.2, 0) is 11.2 Å². The van der Waals surface area contributed by atoms with Gasteiger partial charge in [-0.15, -0.1) is 0 Å². The number of carbonyl (C=O) groups is 1. The summed E-state index contributed by atoms with van der Waals surface area (Å²) < 4.78 is 0. The quantitative estimate of drug-likeness (QED) is 0.889. The number of benzene rings is 1. The van der Waals surface area contributed by atoms with Gasteiger partial charge in [0.1, 0.15) is 0 Å². The first kappa shape index (κ1) is 14.4. The molecule has 0 saturated carbocycles. The van der Waals surface area contributed by atoms with Gasteiger partial charge in [0.05, 0.1) is 0 Å². The molecule has 0 spiro atoms. The fraction of sp³-hybridized carbons (Fsp3) is 0.533. The number of hydrogen-bond donors (Lipinski definition) is 2. The second-order valence-electron chi connectivity index (χ2n) is 5.25. The molecular weight excluding hydrogens is 260 g/mol. The Morgan fingerprint density at radius 1 is 1.53 bits per heavy atom. The smallest absolute Gasteiger partial charge is 0.223 e. The highest BCUT2D eigenvalue weighted by molar-refractivity contribution is 6.30. The zero-order valence-corrected chi connectivity index (χ0v) is 12.0. The fourth-order valence-corrected chi connectivity index (χ4v) is 2.75. The van der Waals surface area contributed by atoms with E-state index in [0.717, 1.165) is 36.4 Å². The molecule has 1 aliphatic rings. The van der Waals surface area contributed by atoms with Crippen LogP contribution in [-0.4, -0.2) is 25.0 Å². The second kappa shape index (κ2) is 6.92. The minimum atomic E-state index is 0.163. The van der Waals surface area contributed by atoms with Gasteiger partial charge in [0, 0.05) is 23.5 Å². The van der Waals surface area contributed by atoms with E-state index in [1.807, 2.05) is 24.3 Å². The van der Waals surface area contributed by atoms with E-state index in [1.165, 1.54) is 0 Å². The Balaban J connectivity index is 1.74. The molecule has 1 aliphatic heterocycles. The lowest BCUT2D eigenvalue weighted by atomic mass is 9.92. The first-order valence-corrected chi connectivity index (χ1v) is 7.28. The van der Waals surface area contributed by atoms with Gasteiger partial charge >= 0.3 is 0 Å². The molecule has 1 saturated heterocycles. The number of amides is 1. The first-order valence-electron chi connectivity index (χ1n) is 6.90. The molecule has 2 N–H and O–H groups in total. The van der Waals surface area contributed by atoms with Crippen LogP contribution < -0.4 is 10.6 Å². The third kappa shape index (κ3) is 4.51. The molecule has 4 heteroatoms. The van der Waals surface area contributed by atoms with Crippen molar-refractivity contribution in [2.75, 3.05) is 13.1 Å². The van der Waals surface area contributed by atoms with Crippen molar-refractivity contribution in [3.63, 3.8) is 0 Å². The van der Waals surface area contributed by atoms with Crippen molar-refractivity contribution in [3.05, 3.63) is 34.9 Å². The maximum Gasteiger partial charge on any atom is 0.223 e. The minimum absolute atomic E-state index is 0.163. The molecule has 1 heterocycles. The molecule has 19 heavy (non-hydrogen) atoms. The van der Waals surface area contributed by atoms with Crippen LogP contribution in [0.1, 0.15) is 25.3 Å². The lowest BCUT2D eigenvalue weighted by Crippen LogP contribution is -2.42. The Kier molecular flexibility index (Phi) is 5.23. The van der Waals surface area contributed by atoms with Crippen LogP contribution in [0.5, 0.6) is 0 Å². The molecule has 3 nitrogen and oxygen atoms in total. The van der Waals surface area contributed by atoms with Gasteiger partial charge < -0.3 is 10.6 Å². The van der Waals surface area contributed by atoms with Gasteiger partial charge in [-0.25, -0.2) is 0 Å². The molecule has 1 aromatic rings. The number of piperidine rings is 1. The number of hydrogen-bond acceptors (Lipinski definition) is 2. The summed E-state index contributed by atoms with van der Waals surface area (Å²) in [5.41, 5.74) is 1.16. The summed E-state index contributed by atoms with van der Waals surface area (Å²) >= 11 is 5.93. The molecule has 0 aliphatic carbocycles. The van der Waals surface area contributed by atoms with Crippen LogP contribution in [0.25, 0.3) is 0 Å². The van der Waals surface area contributed by atoms with Crippen LogP contribution >= 0.6 is 11.6 Å². The van der Waals surface area contributed by atoms with Crippen molar-refractivity contribution in [2.24, 2.45) is 5.92 Å².